The Labute approximate surface area is 125 Å². The molecule has 2 N–H and O–H groups in total. The maximum atomic E-state index is 12.3. The van der Waals surface area contributed by atoms with Crippen LogP contribution in [0.5, 0.6) is 0 Å². The van der Waals surface area contributed by atoms with Crippen LogP contribution in [0.15, 0.2) is 24.3 Å². The fourth-order valence-electron chi connectivity index (χ4n) is 2.81. The zero-order chi connectivity index (χ0) is 15.5. The second-order valence-corrected chi connectivity index (χ2v) is 7.71. The number of carboxylic acids is 1. The van der Waals surface area contributed by atoms with E-state index in [0.717, 1.165) is 32.1 Å². The van der Waals surface area contributed by atoms with E-state index in [2.05, 4.69) is 4.72 Å². The molecule has 1 fully saturated rings. The van der Waals surface area contributed by atoms with Crippen LogP contribution in [0.2, 0.25) is 0 Å². The molecule has 1 aliphatic carbocycles. The minimum absolute atomic E-state index is 0.123. The molecule has 0 bridgehead atoms. The topological polar surface area (TPSA) is 83.5 Å². The summed E-state index contributed by atoms with van der Waals surface area (Å²) in [6, 6.07) is 5.95. The number of carboxylic acid groups (broad SMARTS) is 1. The van der Waals surface area contributed by atoms with Crippen LogP contribution in [-0.4, -0.2) is 25.0 Å². The molecule has 116 valence electrons. The summed E-state index contributed by atoms with van der Waals surface area (Å²) in [7, 11) is -3.42. The SMILES string of the molecule is CC1(NS(=O)(=O)Cc2ccc(C(=O)O)cc2)CCCCC1. The predicted octanol–water partition coefficient (Wildman–Crippen LogP) is 2.53. The Hall–Kier alpha value is -1.40. The van der Waals surface area contributed by atoms with Crippen molar-refractivity contribution in [1.82, 2.24) is 4.72 Å². The molecule has 0 amide bonds. The van der Waals surface area contributed by atoms with E-state index in [1.165, 1.54) is 12.1 Å². The van der Waals surface area contributed by atoms with Gasteiger partial charge in [0.15, 0.2) is 0 Å². The van der Waals surface area contributed by atoms with Crippen LogP contribution in [0, 0.1) is 0 Å². The number of nitrogens with one attached hydrogen (secondary N) is 1. The molecule has 1 saturated carbocycles. The second-order valence-electron chi connectivity index (χ2n) is 5.98. The van der Waals surface area contributed by atoms with Crippen molar-refractivity contribution in [2.45, 2.75) is 50.3 Å². The summed E-state index contributed by atoms with van der Waals surface area (Å²) < 4.78 is 27.3. The van der Waals surface area contributed by atoms with Gasteiger partial charge in [0.25, 0.3) is 0 Å². The lowest BCUT2D eigenvalue weighted by atomic mass is 9.84. The van der Waals surface area contributed by atoms with E-state index < -0.39 is 16.0 Å². The van der Waals surface area contributed by atoms with Gasteiger partial charge in [-0.2, -0.15) is 0 Å². The van der Waals surface area contributed by atoms with E-state index in [-0.39, 0.29) is 16.9 Å². The molecule has 1 aromatic rings. The molecule has 5 nitrogen and oxygen atoms in total. The van der Waals surface area contributed by atoms with Gasteiger partial charge in [0, 0.05) is 5.54 Å². The number of rotatable bonds is 5. The molecule has 0 saturated heterocycles. The highest BCUT2D eigenvalue weighted by atomic mass is 32.2. The first kappa shape index (κ1) is 16.0. The van der Waals surface area contributed by atoms with Crippen LogP contribution >= 0.6 is 0 Å². The Morgan fingerprint density at radius 3 is 2.29 bits per heavy atom. The fourth-order valence-corrected chi connectivity index (χ4v) is 4.47. The molecule has 0 aliphatic heterocycles. The molecule has 1 aliphatic rings. The normalized spacial score (nSPS) is 18.3. The Bertz CT molecular complexity index is 601. The molecule has 0 atom stereocenters. The predicted molar refractivity (Wildman–Crippen MR) is 80.7 cm³/mol. The van der Waals surface area contributed by atoms with Crippen molar-refractivity contribution in [2.75, 3.05) is 0 Å². The van der Waals surface area contributed by atoms with Crippen molar-refractivity contribution >= 4 is 16.0 Å². The van der Waals surface area contributed by atoms with Gasteiger partial charge >= 0.3 is 5.97 Å². The molecular formula is C15H21NO4S. The average molecular weight is 311 g/mol. The van der Waals surface area contributed by atoms with E-state index in [4.69, 9.17) is 5.11 Å². The van der Waals surface area contributed by atoms with Crippen LogP contribution < -0.4 is 4.72 Å². The van der Waals surface area contributed by atoms with Gasteiger partial charge in [0.1, 0.15) is 0 Å². The van der Waals surface area contributed by atoms with E-state index in [0.29, 0.717) is 5.56 Å². The molecule has 6 heteroatoms. The maximum absolute atomic E-state index is 12.3. The summed E-state index contributed by atoms with van der Waals surface area (Å²) in [4.78, 5) is 10.8. The van der Waals surface area contributed by atoms with Crippen LogP contribution in [0.1, 0.15) is 54.9 Å². The van der Waals surface area contributed by atoms with Crippen molar-refractivity contribution in [1.29, 1.82) is 0 Å². The maximum Gasteiger partial charge on any atom is 0.335 e. The third kappa shape index (κ3) is 4.54. The van der Waals surface area contributed by atoms with Gasteiger partial charge in [-0.3, -0.25) is 0 Å². The van der Waals surface area contributed by atoms with Gasteiger partial charge in [-0.25, -0.2) is 17.9 Å². The van der Waals surface area contributed by atoms with Crippen LogP contribution in [0.25, 0.3) is 0 Å². The van der Waals surface area contributed by atoms with Crippen molar-refractivity contribution in [2.24, 2.45) is 0 Å². The summed E-state index contributed by atoms with van der Waals surface area (Å²) in [6.07, 6.45) is 4.99. The highest BCUT2D eigenvalue weighted by molar-refractivity contribution is 7.88. The fraction of sp³-hybridized carbons (Fsp3) is 0.533. The first-order chi connectivity index (χ1) is 9.80. The number of hydrogen-bond acceptors (Lipinski definition) is 3. The summed E-state index contributed by atoms with van der Waals surface area (Å²) >= 11 is 0. The van der Waals surface area contributed by atoms with Crippen molar-refractivity contribution in [3.8, 4) is 0 Å². The molecule has 0 spiro atoms. The van der Waals surface area contributed by atoms with E-state index in [1.807, 2.05) is 6.92 Å². The molecule has 0 radical (unpaired) electrons. The summed E-state index contributed by atoms with van der Waals surface area (Å²) in [6.45, 7) is 1.96. The summed E-state index contributed by atoms with van der Waals surface area (Å²) in [5, 5.41) is 8.83. The van der Waals surface area contributed by atoms with Gasteiger partial charge in [0.2, 0.25) is 10.0 Å². The molecule has 2 rings (SSSR count). The van der Waals surface area contributed by atoms with Crippen LogP contribution in [0.4, 0.5) is 0 Å². The Kier molecular flexibility index (Phi) is 4.68. The highest BCUT2D eigenvalue weighted by Gasteiger charge is 2.31. The first-order valence-electron chi connectivity index (χ1n) is 7.14. The molecule has 0 heterocycles. The lowest BCUT2D eigenvalue weighted by Gasteiger charge is -2.34. The third-order valence-corrected chi connectivity index (χ3v) is 5.43. The minimum Gasteiger partial charge on any atom is -0.478 e. The molecular weight excluding hydrogens is 290 g/mol. The smallest absolute Gasteiger partial charge is 0.335 e. The Morgan fingerprint density at radius 2 is 1.76 bits per heavy atom. The Morgan fingerprint density at radius 1 is 1.19 bits per heavy atom. The second kappa shape index (κ2) is 6.15. The quantitative estimate of drug-likeness (QED) is 0.875. The molecule has 21 heavy (non-hydrogen) atoms. The number of benzene rings is 1. The Balaban J connectivity index is 2.04. The highest BCUT2D eigenvalue weighted by Crippen LogP contribution is 2.28. The lowest BCUT2D eigenvalue weighted by Crippen LogP contribution is -2.47. The van der Waals surface area contributed by atoms with Gasteiger partial charge in [0.05, 0.1) is 11.3 Å². The first-order valence-corrected chi connectivity index (χ1v) is 8.79. The minimum atomic E-state index is -3.42. The molecule has 0 unspecified atom stereocenters. The zero-order valence-electron chi connectivity index (χ0n) is 12.1. The van der Waals surface area contributed by atoms with E-state index >= 15 is 0 Å². The van der Waals surface area contributed by atoms with Gasteiger partial charge in [-0.1, -0.05) is 31.4 Å². The standard InChI is InChI=1S/C15H21NO4S/c1-15(9-3-2-4-10-15)16-21(19,20)11-12-5-7-13(8-6-12)14(17)18/h5-8,16H,2-4,9-11H2,1H3,(H,17,18). The molecule has 1 aromatic carbocycles. The van der Waals surface area contributed by atoms with Crippen molar-refractivity contribution in [3.05, 3.63) is 35.4 Å². The number of sulfonamides is 1. The van der Waals surface area contributed by atoms with Gasteiger partial charge < -0.3 is 5.11 Å². The van der Waals surface area contributed by atoms with Gasteiger partial charge in [-0.05, 0) is 37.5 Å². The summed E-state index contributed by atoms with van der Waals surface area (Å²) in [5.41, 5.74) is 0.396. The zero-order valence-corrected chi connectivity index (χ0v) is 12.9. The molecule has 0 aromatic heterocycles. The lowest BCUT2D eigenvalue weighted by molar-refractivity contribution is 0.0697. The monoisotopic (exact) mass is 311 g/mol. The van der Waals surface area contributed by atoms with E-state index in [9.17, 15) is 13.2 Å². The van der Waals surface area contributed by atoms with Crippen LogP contribution in [0.3, 0.4) is 0 Å². The number of carbonyl (C=O) groups is 1. The van der Waals surface area contributed by atoms with Crippen molar-refractivity contribution in [3.63, 3.8) is 0 Å². The summed E-state index contributed by atoms with van der Waals surface area (Å²) in [5.74, 6) is -1.14. The third-order valence-electron chi connectivity index (χ3n) is 3.92. The largest absolute Gasteiger partial charge is 0.478 e. The van der Waals surface area contributed by atoms with Crippen molar-refractivity contribution < 1.29 is 18.3 Å². The van der Waals surface area contributed by atoms with E-state index in [1.54, 1.807) is 12.1 Å². The number of hydrogen-bond donors (Lipinski definition) is 2. The number of aromatic carboxylic acids is 1. The van der Waals surface area contributed by atoms with Crippen LogP contribution in [-0.2, 0) is 15.8 Å². The van der Waals surface area contributed by atoms with Gasteiger partial charge in [-0.15, -0.1) is 0 Å². The average Bonchev–Trinajstić information content (AvgIpc) is 2.38.